The van der Waals surface area contributed by atoms with Crippen LogP contribution in [0.4, 0.5) is 13.2 Å². The van der Waals surface area contributed by atoms with Crippen molar-refractivity contribution in [1.29, 1.82) is 0 Å². The lowest BCUT2D eigenvalue weighted by Crippen LogP contribution is -2.42. The quantitative estimate of drug-likeness (QED) is 0.860. The number of benzene rings is 1. The summed E-state index contributed by atoms with van der Waals surface area (Å²) in [6, 6.07) is 4.76. The number of carboxylic acid groups (broad SMARTS) is 1. The van der Waals surface area contributed by atoms with Crippen LogP contribution in [0.5, 0.6) is 0 Å². The van der Waals surface area contributed by atoms with E-state index in [9.17, 15) is 22.8 Å². The van der Waals surface area contributed by atoms with Crippen LogP contribution in [0.25, 0.3) is 0 Å². The number of carboxylic acids is 1. The number of halogens is 3. The summed E-state index contributed by atoms with van der Waals surface area (Å²) in [5.41, 5.74) is -0.259. The molecule has 0 bridgehead atoms. The van der Waals surface area contributed by atoms with Gasteiger partial charge >= 0.3 is 12.1 Å². The van der Waals surface area contributed by atoms with Crippen LogP contribution in [0, 0.1) is 5.92 Å². The van der Waals surface area contributed by atoms with Gasteiger partial charge in [-0.05, 0) is 37.3 Å². The van der Waals surface area contributed by atoms with Crippen LogP contribution in [0.2, 0.25) is 0 Å². The van der Waals surface area contributed by atoms with Crippen LogP contribution < -0.4 is 0 Å². The molecule has 2 rings (SSSR count). The standard InChI is InChI=1S/C17H20F3NO3/c1-3-10(2)21(9-15(22)23)16(24)14-8-13(14)11-5-4-6-12(7-11)17(18,19)20/h4-7,10,13-14H,3,8-9H2,1-2H3,(H,22,23). The predicted molar refractivity (Wildman–Crippen MR) is 81.4 cm³/mol. The number of amides is 1. The number of nitrogens with zero attached hydrogens (tertiary/aromatic N) is 1. The van der Waals surface area contributed by atoms with Crippen molar-refractivity contribution in [2.45, 2.75) is 44.8 Å². The molecule has 1 fully saturated rings. The first-order chi connectivity index (χ1) is 11.1. The highest BCUT2D eigenvalue weighted by Crippen LogP contribution is 2.49. The van der Waals surface area contributed by atoms with E-state index in [0.717, 1.165) is 12.1 Å². The summed E-state index contributed by atoms with van der Waals surface area (Å²) in [6.45, 7) is 3.23. The number of carbonyl (C=O) groups excluding carboxylic acids is 1. The SMILES string of the molecule is CCC(C)N(CC(=O)O)C(=O)C1CC1c1cccc(C(F)(F)F)c1. The van der Waals surface area contributed by atoms with E-state index in [1.165, 1.54) is 11.0 Å². The largest absolute Gasteiger partial charge is 0.480 e. The van der Waals surface area contributed by atoms with Gasteiger partial charge in [0.25, 0.3) is 0 Å². The third-order valence-electron chi connectivity index (χ3n) is 4.46. The molecular weight excluding hydrogens is 323 g/mol. The number of hydrogen-bond donors (Lipinski definition) is 1. The van der Waals surface area contributed by atoms with Crippen LogP contribution in [0.1, 0.15) is 43.7 Å². The molecule has 4 nitrogen and oxygen atoms in total. The second-order valence-electron chi connectivity index (χ2n) is 6.19. The zero-order valence-electron chi connectivity index (χ0n) is 13.5. The monoisotopic (exact) mass is 343 g/mol. The molecule has 1 aliphatic carbocycles. The molecule has 0 aromatic heterocycles. The highest BCUT2D eigenvalue weighted by Gasteiger charge is 2.47. The molecular formula is C17H20F3NO3. The van der Waals surface area contributed by atoms with Gasteiger partial charge in [0.1, 0.15) is 6.54 Å². The zero-order valence-corrected chi connectivity index (χ0v) is 13.5. The molecule has 0 heterocycles. The Kier molecular flexibility index (Phi) is 5.20. The first-order valence-electron chi connectivity index (χ1n) is 7.84. The number of aliphatic carboxylic acids is 1. The van der Waals surface area contributed by atoms with Gasteiger partial charge in [-0.25, -0.2) is 0 Å². The Morgan fingerprint density at radius 3 is 2.58 bits per heavy atom. The summed E-state index contributed by atoms with van der Waals surface area (Å²) in [5, 5.41) is 8.97. The second-order valence-corrected chi connectivity index (χ2v) is 6.19. The Morgan fingerprint density at radius 2 is 2.04 bits per heavy atom. The van der Waals surface area contributed by atoms with Crippen LogP contribution in [-0.4, -0.2) is 34.5 Å². The molecule has 1 aliphatic rings. The van der Waals surface area contributed by atoms with Gasteiger partial charge in [0, 0.05) is 12.0 Å². The molecule has 0 saturated heterocycles. The average molecular weight is 343 g/mol. The minimum Gasteiger partial charge on any atom is -0.480 e. The van der Waals surface area contributed by atoms with Crippen molar-refractivity contribution in [1.82, 2.24) is 4.90 Å². The van der Waals surface area contributed by atoms with Crippen LogP contribution in [0.15, 0.2) is 24.3 Å². The van der Waals surface area contributed by atoms with Crippen molar-refractivity contribution in [3.63, 3.8) is 0 Å². The van der Waals surface area contributed by atoms with E-state index in [1.807, 2.05) is 6.92 Å². The van der Waals surface area contributed by atoms with E-state index >= 15 is 0 Å². The van der Waals surface area contributed by atoms with Crippen molar-refractivity contribution in [3.05, 3.63) is 35.4 Å². The van der Waals surface area contributed by atoms with Crippen molar-refractivity contribution < 1.29 is 27.9 Å². The molecule has 0 aliphatic heterocycles. The van der Waals surface area contributed by atoms with Gasteiger partial charge in [0.05, 0.1) is 5.56 Å². The average Bonchev–Trinajstić information content (AvgIpc) is 3.31. The smallest absolute Gasteiger partial charge is 0.416 e. The molecule has 1 aromatic carbocycles. The van der Waals surface area contributed by atoms with E-state index in [2.05, 4.69) is 0 Å². The normalized spacial score (nSPS) is 21.2. The maximum absolute atomic E-state index is 12.8. The summed E-state index contributed by atoms with van der Waals surface area (Å²) in [7, 11) is 0. The molecule has 1 N–H and O–H groups in total. The number of carbonyl (C=O) groups is 2. The topological polar surface area (TPSA) is 57.6 Å². The summed E-state index contributed by atoms with van der Waals surface area (Å²) < 4.78 is 38.4. The Hall–Kier alpha value is -2.05. The lowest BCUT2D eigenvalue weighted by molar-refractivity contribution is -0.146. The molecule has 1 aromatic rings. The Morgan fingerprint density at radius 1 is 1.38 bits per heavy atom. The third kappa shape index (κ3) is 4.07. The molecule has 132 valence electrons. The zero-order chi connectivity index (χ0) is 18.1. The lowest BCUT2D eigenvalue weighted by Gasteiger charge is -2.27. The maximum Gasteiger partial charge on any atom is 0.416 e. The van der Waals surface area contributed by atoms with E-state index in [4.69, 9.17) is 5.11 Å². The van der Waals surface area contributed by atoms with Gasteiger partial charge in [-0.1, -0.05) is 25.1 Å². The van der Waals surface area contributed by atoms with Gasteiger partial charge in [0.2, 0.25) is 5.91 Å². The second kappa shape index (κ2) is 6.83. The Bertz CT molecular complexity index is 630. The summed E-state index contributed by atoms with van der Waals surface area (Å²) in [6.07, 6.45) is -3.36. The minimum absolute atomic E-state index is 0.226. The van der Waals surface area contributed by atoms with E-state index in [0.29, 0.717) is 18.4 Å². The molecule has 1 amide bonds. The first-order valence-corrected chi connectivity index (χ1v) is 7.84. The van der Waals surface area contributed by atoms with Gasteiger partial charge in [0.15, 0.2) is 0 Å². The summed E-state index contributed by atoms with van der Waals surface area (Å²) >= 11 is 0. The Balaban J connectivity index is 2.13. The molecule has 1 saturated carbocycles. The van der Waals surface area contributed by atoms with Crippen molar-refractivity contribution in [3.8, 4) is 0 Å². The van der Waals surface area contributed by atoms with Crippen LogP contribution >= 0.6 is 0 Å². The van der Waals surface area contributed by atoms with Gasteiger partial charge in [-0.3, -0.25) is 9.59 Å². The maximum atomic E-state index is 12.8. The van der Waals surface area contributed by atoms with Crippen molar-refractivity contribution in [2.24, 2.45) is 5.92 Å². The van der Waals surface area contributed by atoms with Crippen molar-refractivity contribution in [2.75, 3.05) is 6.54 Å². The number of hydrogen-bond acceptors (Lipinski definition) is 2. The van der Waals surface area contributed by atoms with E-state index in [-0.39, 0.29) is 24.4 Å². The Labute approximate surface area is 138 Å². The molecule has 24 heavy (non-hydrogen) atoms. The van der Waals surface area contributed by atoms with Gasteiger partial charge in [-0.15, -0.1) is 0 Å². The summed E-state index contributed by atoms with van der Waals surface area (Å²) in [5.74, 6) is -2.11. The highest BCUT2D eigenvalue weighted by molar-refractivity contribution is 5.86. The van der Waals surface area contributed by atoms with Gasteiger partial charge < -0.3 is 10.0 Å². The molecule has 3 atom stereocenters. The first kappa shape index (κ1) is 18.3. The van der Waals surface area contributed by atoms with Crippen molar-refractivity contribution >= 4 is 11.9 Å². The molecule has 0 spiro atoms. The van der Waals surface area contributed by atoms with Crippen LogP contribution in [0.3, 0.4) is 0 Å². The fourth-order valence-electron chi connectivity index (χ4n) is 2.81. The minimum atomic E-state index is -4.42. The van der Waals surface area contributed by atoms with E-state index in [1.54, 1.807) is 13.0 Å². The number of alkyl halides is 3. The number of rotatable bonds is 6. The fraction of sp³-hybridized carbons (Fsp3) is 0.529. The molecule has 7 heteroatoms. The molecule has 0 radical (unpaired) electrons. The van der Waals surface area contributed by atoms with Crippen LogP contribution in [-0.2, 0) is 15.8 Å². The third-order valence-corrected chi connectivity index (χ3v) is 4.46. The highest BCUT2D eigenvalue weighted by atomic mass is 19.4. The fourth-order valence-corrected chi connectivity index (χ4v) is 2.81. The van der Waals surface area contributed by atoms with Gasteiger partial charge in [-0.2, -0.15) is 13.2 Å². The molecule has 3 unspecified atom stereocenters. The summed E-state index contributed by atoms with van der Waals surface area (Å²) in [4.78, 5) is 24.8. The van der Waals surface area contributed by atoms with E-state index < -0.39 is 23.6 Å². The predicted octanol–water partition coefficient (Wildman–Crippen LogP) is 3.52. The lowest BCUT2D eigenvalue weighted by atomic mass is 10.0.